The number of fused-ring (bicyclic) bond motifs is 5. The fourth-order valence-electron chi connectivity index (χ4n) is 6.24. The average Bonchev–Trinajstić information content (AvgIpc) is 3.14. The fourth-order valence-corrected chi connectivity index (χ4v) is 6.24. The first-order chi connectivity index (χ1) is 17.8. The predicted octanol–water partition coefficient (Wildman–Crippen LogP) is 2.88. The lowest BCUT2D eigenvalue weighted by atomic mass is 9.68. The van der Waals surface area contributed by atoms with Gasteiger partial charge >= 0.3 is 6.03 Å². The molecule has 4 amide bonds. The van der Waals surface area contributed by atoms with Gasteiger partial charge in [-0.2, -0.15) is 0 Å². The van der Waals surface area contributed by atoms with Crippen molar-refractivity contribution in [1.82, 2.24) is 19.6 Å². The Hall–Kier alpha value is -4.01. The Labute approximate surface area is 214 Å². The summed E-state index contributed by atoms with van der Waals surface area (Å²) < 4.78 is 1.49. The molecule has 1 N–H and O–H groups in total. The maximum absolute atomic E-state index is 14.3. The van der Waals surface area contributed by atoms with E-state index in [1.807, 2.05) is 49.1 Å². The molecule has 0 bridgehead atoms. The van der Waals surface area contributed by atoms with E-state index >= 15 is 0 Å². The molecule has 1 spiro atoms. The fraction of sp³-hybridized carbons (Fsp3) is 0.393. The Kier molecular flexibility index (Phi) is 5.40. The molecule has 3 aromatic rings. The molecule has 1 aromatic carbocycles. The van der Waals surface area contributed by atoms with Crippen LogP contribution in [0.5, 0.6) is 0 Å². The number of anilines is 1. The maximum atomic E-state index is 14.3. The molecule has 0 radical (unpaired) electrons. The van der Waals surface area contributed by atoms with Crippen molar-refractivity contribution in [3.05, 3.63) is 75.2 Å². The van der Waals surface area contributed by atoms with E-state index in [4.69, 9.17) is 4.98 Å². The molecule has 37 heavy (non-hydrogen) atoms. The van der Waals surface area contributed by atoms with Gasteiger partial charge in [0.25, 0.3) is 5.56 Å². The minimum Gasteiger partial charge on any atom is -0.352 e. The standard InChI is InChI=1S/C28H29N5O4/c1-17-9-5-6-11-19(17)16-33-26(36)28(25(35)30-27(33)37)15-20-23(31-13-7-3-4-12-21(28)31)29-22-18(2)10-8-14-32(22)24(20)34/h5-6,8-11,14,21H,3-4,7,12-13,15-16H2,1-2H3,(H,30,35,37)/t21-,28-/m0/s1. The number of aryl methyl sites for hydroxylation is 2. The summed E-state index contributed by atoms with van der Waals surface area (Å²) in [6.45, 7) is 4.47. The van der Waals surface area contributed by atoms with E-state index in [9.17, 15) is 19.2 Å². The number of barbiturate groups is 1. The minimum atomic E-state index is -1.59. The molecule has 0 unspecified atom stereocenters. The van der Waals surface area contributed by atoms with Gasteiger partial charge in [-0.25, -0.2) is 9.78 Å². The summed E-state index contributed by atoms with van der Waals surface area (Å²) in [7, 11) is 0. The Morgan fingerprint density at radius 2 is 1.78 bits per heavy atom. The molecule has 0 aliphatic carbocycles. The van der Waals surface area contributed by atoms with Gasteiger partial charge in [0.15, 0.2) is 5.41 Å². The number of amides is 4. The van der Waals surface area contributed by atoms with Crippen LogP contribution in [0.1, 0.15) is 47.9 Å². The first-order valence-corrected chi connectivity index (χ1v) is 12.8. The molecule has 3 aliphatic rings. The van der Waals surface area contributed by atoms with Gasteiger partial charge in [-0.05, 0) is 49.4 Å². The van der Waals surface area contributed by atoms with Gasteiger partial charge in [-0.3, -0.25) is 29.0 Å². The topological polar surface area (TPSA) is 104 Å². The number of imide groups is 2. The second kappa shape index (κ2) is 8.54. The zero-order valence-corrected chi connectivity index (χ0v) is 21.0. The van der Waals surface area contributed by atoms with Crippen molar-refractivity contribution in [2.24, 2.45) is 5.41 Å². The summed E-state index contributed by atoms with van der Waals surface area (Å²) in [5.74, 6) is -0.611. The summed E-state index contributed by atoms with van der Waals surface area (Å²) in [5.41, 5.74) is 1.68. The van der Waals surface area contributed by atoms with Crippen LogP contribution in [-0.2, 0) is 22.6 Å². The minimum absolute atomic E-state index is 0.0556. The largest absolute Gasteiger partial charge is 0.352 e. The number of nitrogens with zero attached hydrogens (tertiary/aromatic N) is 4. The lowest BCUT2D eigenvalue weighted by molar-refractivity contribution is -0.154. The first-order valence-electron chi connectivity index (χ1n) is 12.8. The van der Waals surface area contributed by atoms with Crippen LogP contribution in [0.25, 0.3) is 5.65 Å². The van der Waals surface area contributed by atoms with Gasteiger partial charge in [0.2, 0.25) is 11.8 Å². The van der Waals surface area contributed by atoms with E-state index < -0.39 is 29.3 Å². The molecule has 0 saturated carbocycles. The number of hydrogen-bond acceptors (Lipinski definition) is 6. The molecular weight excluding hydrogens is 470 g/mol. The van der Waals surface area contributed by atoms with Crippen molar-refractivity contribution in [3.8, 4) is 0 Å². The van der Waals surface area contributed by atoms with Gasteiger partial charge < -0.3 is 4.90 Å². The zero-order valence-electron chi connectivity index (χ0n) is 21.0. The molecule has 2 aromatic heterocycles. The Balaban J connectivity index is 1.54. The van der Waals surface area contributed by atoms with Gasteiger partial charge in [-0.15, -0.1) is 0 Å². The molecular formula is C28H29N5O4. The maximum Gasteiger partial charge on any atom is 0.331 e. The quantitative estimate of drug-likeness (QED) is 0.544. The molecule has 2 saturated heterocycles. The van der Waals surface area contributed by atoms with Gasteiger partial charge in [0, 0.05) is 19.2 Å². The summed E-state index contributed by atoms with van der Waals surface area (Å²) in [6, 6.07) is 10.0. The zero-order chi connectivity index (χ0) is 25.9. The highest BCUT2D eigenvalue weighted by molar-refractivity contribution is 6.20. The number of benzene rings is 1. The van der Waals surface area contributed by atoms with E-state index in [1.54, 1.807) is 12.3 Å². The van der Waals surface area contributed by atoms with E-state index in [0.717, 1.165) is 40.9 Å². The van der Waals surface area contributed by atoms with Gasteiger partial charge in [-0.1, -0.05) is 43.2 Å². The van der Waals surface area contributed by atoms with Crippen molar-refractivity contribution >= 4 is 29.3 Å². The highest BCUT2D eigenvalue weighted by Crippen LogP contribution is 2.46. The molecule has 9 heteroatoms. The monoisotopic (exact) mass is 499 g/mol. The molecule has 5 heterocycles. The smallest absolute Gasteiger partial charge is 0.331 e. The van der Waals surface area contributed by atoms with Crippen LogP contribution in [0.3, 0.4) is 0 Å². The third kappa shape index (κ3) is 3.40. The van der Waals surface area contributed by atoms with Crippen LogP contribution in [0.4, 0.5) is 10.6 Å². The average molecular weight is 500 g/mol. The Morgan fingerprint density at radius 1 is 1.00 bits per heavy atom. The highest BCUT2D eigenvalue weighted by Gasteiger charge is 2.62. The lowest BCUT2D eigenvalue weighted by Gasteiger charge is -2.50. The number of hydrogen-bond donors (Lipinski definition) is 1. The van der Waals surface area contributed by atoms with Crippen LogP contribution in [0.15, 0.2) is 47.4 Å². The summed E-state index contributed by atoms with van der Waals surface area (Å²) >= 11 is 0. The van der Waals surface area contributed by atoms with Crippen LogP contribution >= 0.6 is 0 Å². The van der Waals surface area contributed by atoms with Crippen LogP contribution in [0.2, 0.25) is 0 Å². The van der Waals surface area contributed by atoms with E-state index in [-0.39, 0.29) is 18.5 Å². The second-order valence-electron chi connectivity index (χ2n) is 10.4. The van der Waals surface area contributed by atoms with Crippen molar-refractivity contribution in [3.63, 3.8) is 0 Å². The van der Waals surface area contributed by atoms with Crippen molar-refractivity contribution in [2.45, 2.75) is 58.5 Å². The lowest BCUT2D eigenvalue weighted by Crippen LogP contribution is -2.72. The molecule has 3 aliphatic heterocycles. The molecule has 9 nitrogen and oxygen atoms in total. The van der Waals surface area contributed by atoms with Crippen LogP contribution in [-0.4, -0.2) is 44.7 Å². The number of nitrogens with one attached hydrogen (secondary N) is 1. The van der Waals surface area contributed by atoms with Gasteiger partial charge in [0.1, 0.15) is 11.5 Å². The molecule has 6 rings (SSSR count). The third-order valence-electron chi connectivity index (χ3n) is 8.26. The summed E-state index contributed by atoms with van der Waals surface area (Å²) in [5, 5.41) is 2.48. The predicted molar refractivity (Wildman–Crippen MR) is 137 cm³/mol. The number of rotatable bonds is 2. The Bertz CT molecular complexity index is 1530. The van der Waals surface area contributed by atoms with Crippen LogP contribution < -0.4 is 15.8 Å². The van der Waals surface area contributed by atoms with Crippen molar-refractivity contribution in [1.29, 1.82) is 0 Å². The van der Waals surface area contributed by atoms with Crippen molar-refractivity contribution < 1.29 is 14.4 Å². The van der Waals surface area contributed by atoms with E-state index in [2.05, 4.69) is 5.32 Å². The SMILES string of the molecule is Cc1ccccc1CN1C(=O)NC(=O)[C@@]2(Cc3c(nc4c(C)cccn4c3=O)N3CCCCC[C@H]32)C1=O. The van der Waals surface area contributed by atoms with E-state index in [1.165, 1.54) is 4.40 Å². The number of pyridine rings is 1. The number of carbonyl (C=O) groups excluding carboxylic acids is 3. The third-order valence-corrected chi connectivity index (χ3v) is 8.26. The summed E-state index contributed by atoms with van der Waals surface area (Å²) in [4.78, 5) is 62.9. The van der Waals surface area contributed by atoms with Gasteiger partial charge in [0.05, 0.1) is 18.2 Å². The van der Waals surface area contributed by atoms with Crippen LogP contribution in [0, 0.1) is 19.3 Å². The van der Waals surface area contributed by atoms with E-state index in [0.29, 0.717) is 30.0 Å². The highest BCUT2D eigenvalue weighted by atomic mass is 16.2. The number of carbonyl (C=O) groups is 3. The Morgan fingerprint density at radius 3 is 2.59 bits per heavy atom. The molecule has 190 valence electrons. The number of aromatic nitrogens is 2. The van der Waals surface area contributed by atoms with Crippen molar-refractivity contribution in [2.75, 3.05) is 11.4 Å². The molecule has 2 atom stereocenters. The number of urea groups is 1. The normalized spacial score (nSPS) is 23.6. The second-order valence-corrected chi connectivity index (χ2v) is 10.4. The summed E-state index contributed by atoms with van der Waals surface area (Å²) in [6.07, 6.45) is 4.83. The first kappa shape index (κ1) is 23.4. The molecule has 2 fully saturated rings.